The van der Waals surface area contributed by atoms with Crippen LogP contribution in [0.2, 0.25) is 5.02 Å². The molecule has 1 N–H and O–H groups in total. The maximum Gasteiger partial charge on any atom is 0.221 e. The minimum absolute atomic E-state index is 0.0541. The van der Waals surface area contributed by atoms with E-state index in [9.17, 15) is 4.79 Å². The van der Waals surface area contributed by atoms with E-state index in [1.807, 2.05) is 6.92 Å². The van der Waals surface area contributed by atoms with Crippen molar-refractivity contribution in [1.29, 1.82) is 0 Å². The zero-order valence-corrected chi connectivity index (χ0v) is 8.92. The lowest BCUT2D eigenvalue weighted by Gasteiger charge is -2.03. The third-order valence-electron chi connectivity index (χ3n) is 1.74. The summed E-state index contributed by atoms with van der Waals surface area (Å²) in [7, 11) is 0. The molecular formula is C9H14ClN3O. The predicted molar refractivity (Wildman–Crippen MR) is 55.2 cm³/mol. The highest BCUT2D eigenvalue weighted by molar-refractivity contribution is 6.30. The second kappa shape index (κ2) is 5.65. The molecule has 5 heteroatoms. The third-order valence-corrected chi connectivity index (χ3v) is 1.94. The van der Waals surface area contributed by atoms with Crippen molar-refractivity contribution in [3.63, 3.8) is 0 Å². The second-order valence-corrected chi connectivity index (χ2v) is 3.46. The maximum absolute atomic E-state index is 11.2. The van der Waals surface area contributed by atoms with E-state index in [2.05, 4.69) is 10.4 Å². The molecule has 0 radical (unpaired) electrons. The molecule has 4 nitrogen and oxygen atoms in total. The van der Waals surface area contributed by atoms with E-state index in [0.29, 0.717) is 18.0 Å². The van der Waals surface area contributed by atoms with Crippen LogP contribution >= 0.6 is 11.6 Å². The van der Waals surface area contributed by atoms with E-state index < -0.39 is 0 Å². The summed E-state index contributed by atoms with van der Waals surface area (Å²) in [6, 6.07) is 0. The summed E-state index contributed by atoms with van der Waals surface area (Å²) in [5, 5.41) is 7.37. The molecule has 0 spiro atoms. The first-order valence-corrected chi connectivity index (χ1v) is 5.05. The Balaban J connectivity index is 2.23. The molecule has 1 aromatic rings. The molecule has 0 saturated heterocycles. The van der Waals surface area contributed by atoms with Gasteiger partial charge in [0.05, 0.1) is 11.2 Å². The van der Waals surface area contributed by atoms with Gasteiger partial charge in [0, 0.05) is 25.7 Å². The number of aryl methyl sites for hydroxylation is 1. The Morgan fingerprint density at radius 1 is 1.71 bits per heavy atom. The third kappa shape index (κ3) is 3.79. The molecule has 1 amide bonds. The first kappa shape index (κ1) is 11.0. The number of hydrogen-bond acceptors (Lipinski definition) is 2. The van der Waals surface area contributed by atoms with Gasteiger partial charge < -0.3 is 5.32 Å². The lowest BCUT2D eigenvalue weighted by atomic mass is 10.4. The van der Waals surface area contributed by atoms with Crippen LogP contribution in [0.1, 0.15) is 19.8 Å². The summed E-state index contributed by atoms with van der Waals surface area (Å²) >= 11 is 5.68. The highest BCUT2D eigenvalue weighted by Gasteiger charge is 2.01. The molecule has 1 aromatic heterocycles. The first-order valence-electron chi connectivity index (χ1n) is 4.67. The molecule has 78 valence electrons. The van der Waals surface area contributed by atoms with Gasteiger partial charge in [-0.25, -0.2) is 0 Å². The van der Waals surface area contributed by atoms with Crippen LogP contribution in [0.3, 0.4) is 0 Å². The van der Waals surface area contributed by atoms with Gasteiger partial charge in [0.15, 0.2) is 0 Å². The number of rotatable bonds is 5. The molecule has 0 unspecified atom stereocenters. The Morgan fingerprint density at radius 2 is 2.50 bits per heavy atom. The molecular weight excluding hydrogens is 202 g/mol. The van der Waals surface area contributed by atoms with Gasteiger partial charge >= 0.3 is 0 Å². The van der Waals surface area contributed by atoms with Crippen LogP contribution in [0.4, 0.5) is 0 Å². The van der Waals surface area contributed by atoms with Gasteiger partial charge in [0.2, 0.25) is 5.91 Å². The van der Waals surface area contributed by atoms with Gasteiger partial charge in [-0.3, -0.25) is 9.48 Å². The van der Waals surface area contributed by atoms with E-state index in [4.69, 9.17) is 11.6 Å². The molecule has 0 aliphatic rings. The fourth-order valence-corrected chi connectivity index (χ4v) is 1.19. The second-order valence-electron chi connectivity index (χ2n) is 3.02. The van der Waals surface area contributed by atoms with E-state index >= 15 is 0 Å². The van der Waals surface area contributed by atoms with Crippen molar-refractivity contribution >= 4 is 17.5 Å². The maximum atomic E-state index is 11.2. The number of amides is 1. The first-order chi connectivity index (χ1) is 6.72. The van der Waals surface area contributed by atoms with Crippen molar-refractivity contribution in [3.8, 4) is 0 Å². The van der Waals surface area contributed by atoms with Gasteiger partial charge in [-0.1, -0.05) is 18.5 Å². The molecule has 0 aliphatic heterocycles. The van der Waals surface area contributed by atoms with Gasteiger partial charge in [0.1, 0.15) is 0 Å². The summed E-state index contributed by atoms with van der Waals surface area (Å²) in [6.07, 6.45) is 4.66. The van der Waals surface area contributed by atoms with Gasteiger partial charge in [-0.2, -0.15) is 5.10 Å². The summed E-state index contributed by atoms with van der Waals surface area (Å²) in [4.78, 5) is 11.2. The number of nitrogens with zero attached hydrogens (tertiary/aromatic N) is 2. The smallest absolute Gasteiger partial charge is 0.221 e. The van der Waals surface area contributed by atoms with Crippen LogP contribution in [-0.2, 0) is 11.3 Å². The number of hydrogen-bond donors (Lipinski definition) is 1. The Hall–Kier alpha value is -1.03. The highest BCUT2D eigenvalue weighted by Crippen LogP contribution is 2.04. The van der Waals surface area contributed by atoms with Crippen molar-refractivity contribution in [2.75, 3.05) is 6.54 Å². The van der Waals surface area contributed by atoms with Crippen molar-refractivity contribution in [2.45, 2.75) is 26.3 Å². The van der Waals surface area contributed by atoms with Crippen molar-refractivity contribution < 1.29 is 4.79 Å². The fraction of sp³-hybridized carbons (Fsp3) is 0.556. The van der Waals surface area contributed by atoms with Crippen LogP contribution in [0, 0.1) is 0 Å². The standard InChI is InChI=1S/C9H14ClN3O/c1-2-4-11-9(14)3-5-13-7-8(10)6-12-13/h6-7H,2-5H2,1H3,(H,11,14). The molecule has 14 heavy (non-hydrogen) atoms. The number of aromatic nitrogens is 2. The fourth-order valence-electron chi connectivity index (χ4n) is 1.03. The van der Waals surface area contributed by atoms with Crippen LogP contribution in [0.25, 0.3) is 0 Å². The number of nitrogens with one attached hydrogen (secondary N) is 1. The number of carbonyl (C=O) groups is 1. The van der Waals surface area contributed by atoms with Crippen molar-refractivity contribution in [3.05, 3.63) is 17.4 Å². The normalized spacial score (nSPS) is 10.1. The monoisotopic (exact) mass is 215 g/mol. The van der Waals surface area contributed by atoms with Crippen LogP contribution in [0.15, 0.2) is 12.4 Å². The topological polar surface area (TPSA) is 46.9 Å². The molecule has 1 heterocycles. The molecule has 1 rings (SSSR count). The lowest BCUT2D eigenvalue weighted by Crippen LogP contribution is -2.25. The van der Waals surface area contributed by atoms with Crippen LogP contribution in [-0.4, -0.2) is 22.2 Å². The van der Waals surface area contributed by atoms with Crippen molar-refractivity contribution in [1.82, 2.24) is 15.1 Å². The summed E-state index contributed by atoms with van der Waals surface area (Å²) in [6.45, 7) is 3.33. The lowest BCUT2D eigenvalue weighted by molar-refractivity contribution is -0.121. The largest absolute Gasteiger partial charge is 0.356 e. The van der Waals surface area contributed by atoms with Crippen LogP contribution < -0.4 is 5.32 Å². The molecule has 0 saturated carbocycles. The van der Waals surface area contributed by atoms with Gasteiger partial charge in [0.25, 0.3) is 0 Å². The number of carbonyl (C=O) groups excluding carboxylic acids is 1. The Morgan fingerprint density at radius 3 is 3.07 bits per heavy atom. The average molecular weight is 216 g/mol. The zero-order chi connectivity index (χ0) is 10.4. The predicted octanol–water partition coefficient (Wildman–Crippen LogP) is 1.45. The highest BCUT2D eigenvalue weighted by atomic mass is 35.5. The van der Waals surface area contributed by atoms with E-state index in [1.54, 1.807) is 17.1 Å². The van der Waals surface area contributed by atoms with E-state index in [0.717, 1.165) is 13.0 Å². The Kier molecular flexibility index (Phi) is 4.46. The molecule has 0 fully saturated rings. The van der Waals surface area contributed by atoms with Crippen LogP contribution in [0.5, 0.6) is 0 Å². The Bertz CT molecular complexity index is 298. The van der Waals surface area contributed by atoms with Gasteiger partial charge in [-0.05, 0) is 6.42 Å². The van der Waals surface area contributed by atoms with Crippen molar-refractivity contribution in [2.24, 2.45) is 0 Å². The van der Waals surface area contributed by atoms with E-state index in [1.165, 1.54) is 0 Å². The minimum Gasteiger partial charge on any atom is -0.356 e. The molecule has 0 aromatic carbocycles. The summed E-state index contributed by atoms with van der Waals surface area (Å²) < 4.78 is 1.66. The minimum atomic E-state index is 0.0541. The molecule has 0 aliphatic carbocycles. The number of halogens is 1. The van der Waals surface area contributed by atoms with Gasteiger partial charge in [-0.15, -0.1) is 0 Å². The Labute approximate surface area is 88.2 Å². The summed E-state index contributed by atoms with van der Waals surface area (Å²) in [5.74, 6) is 0.0541. The molecule has 0 atom stereocenters. The summed E-state index contributed by atoms with van der Waals surface area (Å²) in [5.41, 5.74) is 0. The SMILES string of the molecule is CCCNC(=O)CCn1cc(Cl)cn1. The average Bonchev–Trinajstić information content (AvgIpc) is 2.58. The quantitative estimate of drug-likeness (QED) is 0.808. The van der Waals surface area contributed by atoms with E-state index in [-0.39, 0.29) is 5.91 Å². The zero-order valence-electron chi connectivity index (χ0n) is 8.16. The molecule has 0 bridgehead atoms.